The predicted molar refractivity (Wildman–Crippen MR) is 63.4 cm³/mol. The van der Waals surface area contributed by atoms with Gasteiger partial charge in [-0.15, -0.1) is 0 Å². The van der Waals surface area contributed by atoms with Crippen LogP contribution in [0.25, 0.3) is 0 Å². The molecule has 0 aliphatic carbocycles. The minimum atomic E-state index is 0.465. The lowest BCUT2D eigenvalue weighted by Gasteiger charge is -2.32. The Balaban J connectivity index is 1.98. The van der Waals surface area contributed by atoms with Gasteiger partial charge in [-0.05, 0) is 31.9 Å². The van der Waals surface area contributed by atoms with E-state index in [1.807, 2.05) is 7.11 Å². The Kier molecular flexibility index (Phi) is 3.27. The largest absolute Gasteiger partial charge is 0.381 e. The molecule has 2 heteroatoms. The van der Waals surface area contributed by atoms with E-state index in [0.717, 1.165) is 25.9 Å². The van der Waals surface area contributed by atoms with E-state index in [0.29, 0.717) is 6.10 Å². The number of hydrogen-bond donors (Lipinski definition) is 0. The van der Waals surface area contributed by atoms with Crippen molar-refractivity contribution in [3.8, 4) is 0 Å². The monoisotopic (exact) mass is 205 g/mol. The summed E-state index contributed by atoms with van der Waals surface area (Å²) in [4.78, 5) is 2.44. The lowest BCUT2D eigenvalue weighted by atomic mass is 10.1. The number of benzene rings is 1. The second-order valence-electron chi connectivity index (χ2n) is 4.26. The average molecular weight is 205 g/mol. The van der Waals surface area contributed by atoms with E-state index >= 15 is 0 Å². The van der Waals surface area contributed by atoms with Crippen molar-refractivity contribution in [3.05, 3.63) is 29.8 Å². The van der Waals surface area contributed by atoms with Crippen molar-refractivity contribution in [2.75, 3.05) is 25.1 Å². The zero-order valence-electron chi connectivity index (χ0n) is 9.57. The Morgan fingerprint density at radius 1 is 1.13 bits per heavy atom. The summed E-state index contributed by atoms with van der Waals surface area (Å²) in [7, 11) is 1.81. The molecule has 1 aliphatic heterocycles. The first-order valence-corrected chi connectivity index (χ1v) is 5.64. The van der Waals surface area contributed by atoms with Crippen LogP contribution in [0.1, 0.15) is 18.4 Å². The third-order valence-corrected chi connectivity index (χ3v) is 3.17. The van der Waals surface area contributed by atoms with E-state index in [9.17, 15) is 0 Å². The second kappa shape index (κ2) is 4.67. The van der Waals surface area contributed by atoms with E-state index < -0.39 is 0 Å². The van der Waals surface area contributed by atoms with Crippen molar-refractivity contribution in [2.24, 2.45) is 0 Å². The van der Waals surface area contributed by atoms with Gasteiger partial charge in [0.1, 0.15) is 0 Å². The third kappa shape index (κ3) is 2.51. The van der Waals surface area contributed by atoms with Gasteiger partial charge in [0.15, 0.2) is 0 Å². The maximum Gasteiger partial charge on any atom is 0.0605 e. The molecular formula is C13H19NO. The Labute approximate surface area is 91.9 Å². The molecule has 1 fully saturated rings. The predicted octanol–water partition coefficient (Wildman–Crippen LogP) is 2.61. The standard InChI is InChI=1S/C13H19NO/c1-11-3-5-12(6-4-11)14-9-7-13(15-2)8-10-14/h3-6,13H,7-10H2,1-2H3. The van der Waals surface area contributed by atoms with Gasteiger partial charge in [-0.3, -0.25) is 0 Å². The minimum Gasteiger partial charge on any atom is -0.381 e. The van der Waals surface area contributed by atoms with Crippen molar-refractivity contribution >= 4 is 5.69 Å². The molecule has 0 N–H and O–H groups in total. The number of aryl methyl sites for hydroxylation is 1. The lowest BCUT2D eigenvalue weighted by Crippen LogP contribution is -2.36. The van der Waals surface area contributed by atoms with Gasteiger partial charge in [0.2, 0.25) is 0 Å². The molecule has 2 rings (SSSR count). The maximum atomic E-state index is 5.37. The zero-order valence-corrected chi connectivity index (χ0v) is 9.57. The Hall–Kier alpha value is -1.02. The molecule has 0 saturated carbocycles. The molecule has 15 heavy (non-hydrogen) atoms. The third-order valence-electron chi connectivity index (χ3n) is 3.17. The Bertz CT molecular complexity index is 299. The molecule has 82 valence electrons. The smallest absolute Gasteiger partial charge is 0.0605 e. The van der Waals surface area contributed by atoms with E-state index in [2.05, 4.69) is 36.1 Å². The summed E-state index contributed by atoms with van der Waals surface area (Å²) in [5, 5.41) is 0. The quantitative estimate of drug-likeness (QED) is 0.736. The summed E-state index contributed by atoms with van der Waals surface area (Å²) in [6, 6.07) is 8.78. The van der Waals surface area contributed by atoms with Gasteiger partial charge in [0.05, 0.1) is 6.10 Å². The van der Waals surface area contributed by atoms with Crippen LogP contribution < -0.4 is 4.90 Å². The molecule has 1 aromatic carbocycles. The van der Waals surface area contributed by atoms with Crippen molar-refractivity contribution in [3.63, 3.8) is 0 Å². The molecule has 0 aromatic heterocycles. The van der Waals surface area contributed by atoms with Crippen LogP contribution in [0.4, 0.5) is 5.69 Å². The topological polar surface area (TPSA) is 12.5 Å². The number of hydrogen-bond acceptors (Lipinski definition) is 2. The van der Waals surface area contributed by atoms with Gasteiger partial charge >= 0.3 is 0 Å². The van der Waals surface area contributed by atoms with Crippen molar-refractivity contribution in [1.82, 2.24) is 0 Å². The number of nitrogens with zero attached hydrogens (tertiary/aromatic N) is 1. The van der Waals surface area contributed by atoms with Crippen molar-refractivity contribution in [2.45, 2.75) is 25.9 Å². The molecule has 0 amide bonds. The fourth-order valence-electron chi connectivity index (χ4n) is 2.11. The van der Waals surface area contributed by atoms with E-state index in [-0.39, 0.29) is 0 Å². The summed E-state index contributed by atoms with van der Waals surface area (Å²) in [6.07, 6.45) is 2.75. The highest BCUT2D eigenvalue weighted by molar-refractivity contribution is 5.47. The second-order valence-corrected chi connectivity index (χ2v) is 4.26. The van der Waals surface area contributed by atoms with Crippen molar-refractivity contribution < 1.29 is 4.74 Å². The number of ether oxygens (including phenoxy) is 1. The fourth-order valence-corrected chi connectivity index (χ4v) is 2.11. The number of methoxy groups -OCH3 is 1. The molecule has 0 unspecified atom stereocenters. The van der Waals surface area contributed by atoms with Crippen LogP contribution in [0.2, 0.25) is 0 Å². The minimum absolute atomic E-state index is 0.465. The van der Waals surface area contributed by atoms with Crippen LogP contribution in [0, 0.1) is 6.92 Å². The average Bonchev–Trinajstić information content (AvgIpc) is 2.30. The molecule has 0 bridgehead atoms. The van der Waals surface area contributed by atoms with Crippen LogP contribution in [0.5, 0.6) is 0 Å². The lowest BCUT2D eigenvalue weighted by molar-refractivity contribution is 0.0819. The van der Waals surface area contributed by atoms with Gasteiger partial charge in [-0.2, -0.15) is 0 Å². The van der Waals surface area contributed by atoms with Gasteiger partial charge in [-0.25, -0.2) is 0 Å². The molecular weight excluding hydrogens is 186 g/mol. The van der Waals surface area contributed by atoms with Gasteiger partial charge in [0.25, 0.3) is 0 Å². The summed E-state index contributed by atoms with van der Waals surface area (Å²) >= 11 is 0. The van der Waals surface area contributed by atoms with Crippen molar-refractivity contribution in [1.29, 1.82) is 0 Å². The van der Waals surface area contributed by atoms with Crippen LogP contribution >= 0.6 is 0 Å². The van der Waals surface area contributed by atoms with Crippen LogP contribution in [0.15, 0.2) is 24.3 Å². The maximum absolute atomic E-state index is 5.37. The summed E-state index contributed by atoms with van der Waals surface area (Å²) < 4.78 is 5.37. The molecule has 0 atom stereocenters. The SMILES string of the molecule is COC1CCN(c2ccc(C)cc2)CC1. The molecule has 1 aromatic rings. The molecule has 2 nitrogen and oxygen atoms in total. The van der Waals surface area contributed by atoms with E-state index in [1.54, 1.807) is 0 Å². The normalized spacial score (nSPS) is 18.1. The van der Waals surface area contributed by atoms with Gasteiger partial charge < -0.3 is 9.64 Å². The van der Waals surface area contributed by atoms with Crippen LogP contribution in [-0.4, -0.2) is 26.3 Å². The summed E-state index contributed by atoms with van der Waals surface area (Å²) in [5.74, 6) is 0. The fraction of sp³-hybridized carbons (Fsp3) is 0.538. The van der Waals surface area contributed by atoms with Crippen LogP contribution in [-0.2, 0) is 4.74 Å². The Morgan fingerprint density at radius 3 is 2.27 bits per heavy atom. The highest BCUT2D eigenvalue weighted by atomic mass is 16.5. The highest BCUT2D eigenvalue weighted by Crippen LogP contribution is 2.21. The molecule has 1 aliphatic rings. The van der Waals surface area contributed by atoms with Crippen LogP contribution in [0.3, 0.4) is 0 Å². The molecule has 0 spiro atoms. The number of piperidine rings is 1. The Morgan fingerprint density at radius 2 is 1.73 bits per heavy atom. The zero-order chi connectivity index (χ0) is 10.7. The number of anilines is 1. The first-order chi connectivity index (χ1) is 7.29. The molecule has 1 saturated heterocycles. The first kappa shape index (κ1) is 10.5. The van der Waals surface area contributed by atoms with E-state index in [4.69, 9.17) is 4.74 Å². The number of rotatable bonds is 2. The molecule has 0 radical (unpaired) electrons. The van der Waals surface area contributed by atoms with Gasteiger partial charge in [0, 0.05) is 25.9 Å². The first-order valence-electron chi connectivity index (χ1n) is 5.64. The summed E-state index contributed by atoms with van der Waals surface area (Å²) in [5.41, 5.74) is 2.67. The molecule has 1 heterocycles. The van der Waals surface area contributed by atoms with E-state index in [1.165, 1.54) is 11.3 Å². The summed E-state index contributed by atoms with van der Waals surface area (Å²) in [6.45, 7) is 4.35. The highest BCUT2D eigenvalue weighted by Gasteiger charge is 2.18. The van der Waals surface area contributed by atoms with Gasteiger partial charge in [-0.1, -0.05) is 17.7 Å².